The van der Waals surface area contributed by atoms with E-state index in [-0.39, 0.29) is 12.6 Å². The minimum atomic E-state index is -1.21. The van der Waals surface area contributed by atoms with Gasteiger partial charge < -0.3 is 19.9 Å². The van der Waals surface area contributed by atoms with E-state index in [0.29, 0.717) is 36.0 Å². The van der Waals surface area contributed by atoms with Gasteiger partial charge in [0.25, 0.3) is 5.79 Å². The predicted octanol–water partition coefficient (Wildman–Crippen LogP) is 1.30. The highest BCUT2D eigenvalue weighted by atomic mass is 16.8. The number of carbonyl (C=O) groups is 1. The summed E-state index contributed by atoms with van der Waals surface area (Å²) < 4.78 is 22.4. The maximum atomic E-state index is 12.7. The first kappa shape index (κ1) is 13.4. The Bertz CT molecular complexity index is 681. The Morgan fingerprint density at radius 3 is 2.77 bits per heavy atom. The molecule has 1 spiro atoms. The van der Waals surface area contributed by atoms with Crippen molar-refractivity contribution >= 4 is 5.78 Å². The fraction of sp³-hybridized carbons (Fsp3) is 0.312. The van der Waals surface area contributed by atoms with E-state index < -0.39 is 11.7 Å². The number of hydrogen-bond acceptors (Lipinski definition) is 6. The van der Waals surface area contributed by atoms with E-state index >= 15 is 0 Å². The third-order valence-corrected chi connectivity index (χ3v) is 3.99. The van der Waals surface area contributed by atoms with Gasteiger partial charge in [-0.2, -0.15) is 0 Å². The van der Waals surface area contributed by atoms with Gasteiger partial charge in [-0.1, -0.05) is 30.3 Å². The number of rotatable bonds is 2. The molecule has 0 radical (unpaired) electrons. The Labute approximate surface area is 127 Å². The van der Waals surface area contributed by atoms with Crippen LogP contribution in [0.4, 0.5) is 0 Å². The third-order valence-electron chi connectivity index (χ3n) is 3.99. The summed E-state index contributed by atoms with van der Waals surface area (Å²) in [5.74, 6) is -1.20. The van der Waals surface area contributed by atoms with Crippen molar-refractivity contribution in [3.8, 4) is 0 Å². The molecule has 2 aliphatic heterocycles. The highest BCUT2D eigenvalue weighted by Crippen LogP contribution is 2.45. The summed E-state index contributed by atoms with van der Waals surface area (Å²) in [6, 6.07) is 8.99. The minimum absolute atomic E-state index is 0.0399. The van der Waals surface area contributed by atoms with Gasteiger partial charge in [0.2, 0.25) is 0 Å². The van der Waals surface area contributed by atoms with Crippen LogP contribution in [0.15, 0.2) is 53.6 Å². The highest BCUT2D eigenvalue weighted by molar-refractivity contribution is 6.01. The molecule has 6 heteroatoms. The fourth-order valence-electron chi connectivity index (χ4n) is 2.93. The summed E-state index contributed by atoms with van der Waals surface area (Å²) in [5, 5.41) is 0. The number of ether oxygens (including phenoxy) is 4. The second-order valence-corrected chi connectivity index (χ2v) is 5.24. The van der Waals surface area contributed by atoms with Crippen molar-refractivity contribution in [2.75, 3.05) is 20.0 Å². The quantitative estimate of drug-likeness (QED) is 0.829. The van der Waals surface area contributed by atoms with Gasteiger partial charge in [-0.05, 0) is 6.08 Å². The van der Waals surface area contributed by atoms with Crippen molar-refractivity contribution in [2.24, 2.45) is 11.7 Å². The van der Waals surface area contributed by atoms with Crippen molar-refractivity contribution in [1.29, 1.82) is 0 Å². The molecule has 2 heterocycles. The fourth-order valence-corrected chi connectivity index (χ4v) is 2.93. The molecular weight excluding hydrogens is 286 g/mol. The van der Waals surface area contributed by atoms with Crippen molar-refractivity contribution in [1.82, 2.24) is 0 Å². The molecular formula is C16H15NO5. The maximum Gasteiger partial charge on any atom is 0.292 e. The Kier molecular flexibility index (Phi) is 2.95. The van der Waals surface area contributed by atoms with E-state index in [4.69, 9.17) is 24.7 Å². The number of Topliss-reactive ketones (excluding diaryl/α,β-unsaturated/α-hetero) is 1. The van der Waals surface area contributed by atoms with Crippen LogP contribution in [0.3, 0.4) is 0 Å². The predicted molar refractivity (Wildman–Crippen MR) is 75.2 cm³/mol. The number of benzene rings is 1. The molecule has 4 rings (SSSR count). The summed E-state index contributed by atoms with van der Waals surface area (Å²) in [5.41, 5.74) is 7.08. The smallest absolute Gasteiger partial charge is 0.292 e. The summed E-state index contributed by atoms with van der Waals surface area (Å²) in [4.78, 5) is 12.7. The first-order valence-corrected chi connectivity index (χ1v) is 7.07. The van der Waals surface area contributed by atoms with E-state index in [1.165, 1.54) is 0 Å². The zero-order valence-corrected chi connectivity index (χ0v) is 11.8. The molecule has 2 N–H and O–H groups in total. The first-order valence-electron chi connectivity index (χ1n) is 7.07. The monoisotopic (exact) mass is 301 g/mol. The van der Waals surface area contributed by atoms with E-state index in [1.54, 1.807) is 18.2 Å². The number of hydrogen-bond donors (Lipinski definition) is 1. The third kappa shape index (κ3) is 1.77. The van der Waals surface area contributed by atoms with E-state index in [1.807, 2.05) is 18.2 Å². The van der Waals surface area contributed by atoms with Gasteiger partial charge in [-0.25, -0.2) is 0 Å². The van der Waals surface area contributed by atoms with Gasteiger partial charge in [0.05, 0.1) is 18.2 Å². The van der Waals surface area contributed by atoms with Gasteiger partial charge in [0, 0.05) is 5.56 Å². The molecule has 2 saturated heterocycles. The van der Waals surface area contributed by atoms with E-state index in [9.17, 15) is 4.79 Å². The van der Waals surface area contributed by atoms with Crippen LogP contribution in [-0.2, 0) is 18.9 Å². The molecule has 6 nitrogen and oxygen atoms in total. The molecule has 0 saturated carbocycles. The lowest BCUT2D eigenvalue weighted by molar-refractivity contribution is -0.222. The van der Waals surface area contributed by atoms with E-state index in [0.717, 1.165) is 0 Å². The van der Waals surface area contributed by atoms with Gasteiger partial charge >= 0.3 is 0 Å². The summed E-state index contributed by atoms with van der Waals surface area (Å²) in [7, 11) is 0. The van der Waals surface area contributed by atoms with Gasteiger partial charge in [-0.3, -0.25) is 9.53 Å². The second kappa shape index (κ2) is 4.86. The highest BCUT2D eigenvalue weighted by Gasteiger charge is 2.55. The van der Waals surface area contributed by atoms with Gasteiger partial charge in [0.15, 0.2) is 24.1 Å². The molecule has 3 aliphatic rings. The molecule has 1 aromatic rings. The normalized spacial score (nSPS) is 29.8. The molecule has 2 fully saturated rings. The Hall–Kier alpha value is -2.31. The molecule has 2 atom stereocenters. The SMILES string of the molecule is NC1=C2OCCOC23OCOC3=CC1C(=O)c1ccccc1. The van der Waals surface area contributed by atoms with Crippen LogP contribution < -0.4 is 5.73 Å². The lowest BCUT2D eigenvalue weighted by Gasteiger charge is -2.38. The van der Waals surface area contributed by atoms with E-state index in [2.05, 4.69) is 0 Å². The van der Waals surface area contributed by atoms with Crippen LogP contribution in [0.1, 0.15) is 10.4 Å². The Morgan fingerprint density at radius 1 is 1.14 bits per heavy atom. The molecule has 0 bridgehead atoms. The zero-order valence-electron chi connectivity index (χ0n) is 11.8. The zero-order chi connectivity index (χ0) is 15.2. The molecule has 114 valence electrons. The van der Waals surface area contributed by atoms with Crippen LogP contribution in [0.2, 0.25) is 0 Å². The Morgan fingerprint density at radius 2 is 1.95 bits per heavy atom. The van der Waals surface area contributed by atoms with Crippen molar-refractivity contribution in [3.05, 3.63) is 59.2 Å². The summed E-state index contributed by atoms with van der Waals surface area (Å²) >= 11 is 0. The number of nitrogens with two attached hydrogens (primary N) is 1. The van der Waals surface area contributed by atoms with Crippen LogP contribution in [0, 0.1) is 5.92 Å². The second-order valence-electron chi connectivity index (χ2n) is 5.24. The molecule has 2 unspecified atom stereocenters. The standard InChI is InChI=1S/C16H15NO5/c17-13-11(14(18)10-4-2-1-3-5-10)8-12-16(22-9-20-12)15(13)19-6-7-21-16/h1-5,8,11H,6-7,9,17H2. The van der Waals surface area contributed by atoms with Crippen LogP contribution in [-0.4, -0.2) is 31.6 Å². The van der Waals surface area contributed by atoms with Crippen LogP contribution in [0.5, 0.6) is 0 Å². The topological polar surface area (TPSA) is 80.0 Å². The lowest BCUT2D eigenvalue weighted by Crippen LogP contribution is -2.47. The average Bonchev–Trinajstić information content (AvgIpc) is 2.97. The number of ketones is 1. The maximum absolute atomic E-state index is 12.7. The molecule has 1 aliphatic carbocycles. The largest absolute Gasteiger partial charge is 0.487 e. The van der Waals surface area contributed by atoms with Gasteiger partial charge in [0.1, 0.15) is 6.61 Å². The summed E-state index contributed by atoms with van der Waals surface area (Å²) in [6.07, 6.45) is 1.66. The molecule has 22 heavy (non-hydrogen) atoms. The summed E-state index contributed by atoms with van der Waals surface area (Å²) in [6.45, 7) is 0.771. The molecule has 0 aromatic heterocycles. The van der Waals surface area contributed by atoms with Crippen LogP contribution in [0.25, 0.3) is 0 Å². The Balaban J connectivity index is 1.77. The first-order chi connectivity index (χ1) is 10.7. The average molecular weight is 301 g/mol. The minimum Gasteiger partial charge on any atom is -0.487 e. The molecule has 0 amide bonds. The lowest BCUT2D eigenvalue weighted by atomic mass is 9.87. The van der Waals surface area contributed by atoms with Crippen LogP contribution >= 0.6 is 0 Å². The van der Waals surface area contributed by atoms with Gasteiger partial charge in [-0.15, -0.1) is 0 Å². The van der Waals surface area contributed by atoms with Crippen molar-refractivity contribution < 1.29 is 23.7 Å². The van der Waals surface area contributed by atoms with Crippen molar-refractivity contribution in [3.63, 3.8) is 0 Å². The molecule has 1 aromatic carbocycles. The van der Waals surface area contributed by atoms with Crippen molar-refractivity contribution in [2.45, 2.75) is 5.79 Å². The number of allylic oxidation sites excluding steroid dienone is 1. The number of carbonyl (C=O) groups excluding carboxylic acids is 1.